The van der Waals surface area contributed by atoms with Crippen LogP contribution in [0.3, 0.4) is 0 Å². The first kappa shape index (κ1) is 13.5. The zero-order valence-corrected chi connectivity index (χ0v) is 11.0. The first-order valence-corrected chi connectivity index (χ1v) is 6.53. The fourth-order valence-electron chi connectivity index (χ4n) is 2.13. The summed E-state index contributed by atoms with van der Waals surface area (Å²) in [6, 6.07) is 7.27. The molecule has 0 aliphatic carbocycles. The number of amides is 2. The van der Waals surface area contributed by atoms with Gasteiger partial charge in [0, 0.05) is 25.7 Å². The van der Waals surface area contributed by atoms with Crippen LogP contribution >= 0.6 is 0 Å². The fraction of sp³-hybridized carbons (Fsp3) is 0.429. The Kier molecular flexibility index (Phi) is 4.52. The van der Waals surface area contributed by atoms with Gasteiger partial charge in [0.05, 0.1) is 6.04 Å². The predicted octanol–water partition coefficient (Wildman–Crippen LogP) is 0.414. The van der Waals surface area contributed by atoms with Crippen molar-refractivity contribution in [1.29, 1.82) is 0 Å². The third-order valence-corrected chi connectivity index (χ3v) is 3.28. The van der Waals surface area contributed by atoms with Gasteiger partial charge in [0.15, 0.2) is 0 Å². The zero-order valence-electron chi connectivity index (χ0n) is 11.0. The van der Waals surface area contributed by atoms with Crippen molar-refractivity contribution in [3.8, 4) is 0 Å². The van der Waals surface area contributed by atoms with E-state index in [2.05, 4.69) is 16.0 Å². The lowest BCUT2D eigenvalue weighted by Crippen LogP contribution is -2.47. The summed E-state index contributed by atoms with van der Waals surface area (Å²) in [6.07, 6.45) is 1.89. The molecule has 0 radical (unpaired) electrons. The van der Waals surface area contributed by atoms with Crippen molar-refractivity contribution < 1.29 is 9.59 Å². The summed E-state index contributed by atoms with van der Waals surface area (Å²) in [6.45, 7) is 1.41. The van der Waals surface area contributed by atoms with Crippen molar-refractivity contribution in [3.05, 3.63) is 35.4 Å². The molecule has 1 aromatic rings. The lowest BCUT2D eigenvalue weighted by molar-refractivity contribution is -0.124. The fourth-order valence-corrected chi connectivity index (χ4v) is 2.13. The number of hydrogen-bond donors (Lipinski definition) is 3. The van der Waals surface area contributed by atoms with Gasteiger partial charge in [-0.2, -0.15) is 0 Å². The Balaban J connectivity index is 1.89. The van der Waals surface area contributed by atoms with E-state index in [1.807, 2.05) is 12.1 Å². The molecule has 1 heterocycles. The summed E-state index contributed by atoms with van der Waals surface area (Å²) in [7, 11) is 1.61. The molecular formula is C14H19N3O2. The van der Waals surface area contributed by atoms with Crippen molar-refractivity contribution in [1.82, 2.24) is 16.0 Å². The van der Waals surface area contributed by atoms with Crippen LogP contribution < -0.4 is 16.0 Å². The average Bonchev–Trinajstić information content (AvgIpc) is 2.46. The van der Waals surface area contributed by atoms with E-state index < -0.39 is 0 Å². The quantitative estimate of drug-likeness (QED) is 0.735. The molecule has 0 aromatic heterocycles. The van der Waals surface area contributed by atoms with E-state index in [1.165, 1.54) is 0 Å². The van der Waals surface area contributed by atoms with Crippen LogP contribution in [0.2, 0.25) is 0 Å². The van der Waals surface area contributed by atoms with Gasteiger partial charge in [0.1, 0.15) is 0 Å². The molecule has 2 amide bonds. The van der Waals surface area contributed by atoms with Crippen LogP contribution in [0.5, 0.6) is 0 Å². The molecule has 1 atom stereocenters. The number of hydrogen-bond acceptors (Lipinski definition) is 3. The molecule has 1 unspecified atom stereocenters. The van der Waals surface area contributed by atoms with Crippen molar-refractivity contribution in [3.63, 3.8) is 0 Å². The summed E-state index contributed by atoms with van der Waals surface area (Å²) in [5, 5.41) is 8.67. The largest absolute Gasteiger partial charge is 0.355 e. The Labute approximate surface area is 112 Å². The monoisotopic (exact) mass is 261 g/mol. The summed E-state index contributed by atoms with van der Waals surface area (Å²) >= 11 is 0. The molecule has 19 heavy (non-hydrogen) atoms. The Bertz CT molecular complexity index is 456. The minimum atomic E-state index is -0.104. The molecule has 5 heteroatoms. The van der Waals surface area contributed by atoms with Gasteiger partial charge in [-0.15, -0.1) is 0 Å². The smallest absolute Gasteiger partial charge is 0.251 e. The third-order valence-electron chi connectivity index (χ3n) is 3.28. The van der Waals surface area contributed by atoms with E-state index in [4.69, 9.17) is 0 Å². The second-order valence-corrected chi connectivity index (χ2v) is 4.64. The molecule has 1 aliphatic rings. The Morgan fingerprint density at radius 2 is 2.11 bits per heavy atom. The average molecular weight is 261 g/mol. The predicted molar refractivity (Wildman–Crippen MR) is 72.7 cm³/mol. The Hall–Kier alpha value is -1.88. The minimum Gasteiger partial charge on any atom is -0.355 e. The summed E-state index contributed by atoms with van der Waals surface area (Å²) in [5.41, 5.74) is 1.70. The van der Waals surface area contributed by atoms with Crippen molar-refractivity contribution in [2.75, 3.05) is 13.6 Å². The number of carbonyl (C=O) groups is 2. The van der Waals surface area contributed by atoms with Crippen LogP contribution in [0.1, 0.15) is 28.8 Å². The van der Waals surface area contributed by atoms with Crippen molar-refractivity contribution in [2.24, 2.45) is 0 Å². The molecule has 102 valence electrons. The van der Waals surface area contributed by atoms with Crippen LogP contribution in [-0.2, 0) is 11.3 Å². The van der Waals surface area contributed by atoms with Crippen LogP contribution in [0.4, 0.5) is 0 Å². The summed E-state index contributed by atoms with van der Waals surface area (Å²) in [4.78, 5) is 23.0. The van der Waals surface area contributed by atoms with Gasteiger partial charge in [-0.05, 0) is 30.5 Å². The summed E-state index contributed by atoms with van der Waals surface area (Å²) < 4.78 is 0. The van der Waals surface area contributed by atoms with Crippen LogP contribution in [-0.4, -0.2) is 31.4 Å². The highest BCUT2D eigenvalue weighted by molar-refractivity contribution is 5.93. The van der Waals surface area contributed by atoms with Gasteiger partial charge in [-0.25, -0.2) is 0 Å². The molecule has 0 saturated carbocycles. The molecule has 1 fully saturated rings. The third kappa shape index (κ3) is 3.54. The minimum absolute atomic E-state index is 0.0771. The van der Waals surface area contributed by atoms with E-state index in [0.29, 0.717) is 12.1 Å². The first-order chi connectivity index (χ1) is 9.20. The molecule has 0 bridgehead atoms. The SMILES string of the molecule is CNC(=O)c1ccc(CNC2CCCNC2=O)cc1. The number of piperidine rings is 1. The van der Waals surface area contributed by atoms with E-state index >= 15 is 0 Å². The van der Waals surface area contributed by atoms with Crippen LogP contribution in [0, 0.1) is 0 Å². The normalized spacial score (nSPS) is 18.8. The second-order valence-electron chi connectivity index (χ2n) is 4.64. The highest BCUT2D eigenvalue weighted by Crippen LogP contribution is 2.07. The molecule has 0 spiro atoms. The Morgan fingerprint density at radius 3 is 2.74 bits per heavy atom. The van der Waals surface area contributed by atoms with Gasteiger partial charge in [0.2, 0.25) is 5.91 Å². The molecule has 1 saturated heterocycles. The van der Waals surface area contributed by atoms with Crippen LogP contribution in [0.25, 0.3) is 0 Å². The van der Waals surface area contributed by atoms with E-state index in [1.54, 1.807) is 19.2 Å². The number of rotatable bonds is 4. The maximum absolute atomic E-state index is 11.6. The van der Waals surface area contributed by atoms with E-state index in [-0.39, 0.29) is 17.9 Å². The molecular weight excluding hydrogens is 242 g/mol. The van der Waals surface area contributed by atoms with Gasteiger partial charge in [0.25, 0.3) is 5.91 Å². The van der Waals surface area contributed by atoms with E-state index in [9.17, 15) is 9.59 Å². The van der Waals surface area contributed by atoms with Gasteiger partial charge < -0.3 is 16.0 Å². The van der Waals surface area contributed by atoms with Crippen molar-refractivity contribution >= 4 is 11.8 Å². The van der Waals surface area contributed by atoms with Gasteiger partial charge in [-0.3, -0.25) is 9.59 Å². The van der Waals surface area contributed by atoms with Crippen molar-refractivity contribution in [2.45, 2.75) is 25.4 Å². The maximum atomic E-state index is 11.6. The van der Waals surface area contributed by atoms with Gasteiger partial charge in [-0.1, -0.05) is 12.1 Å². The lowest BCUT2D eigenvalue weighted by atomic mass is 10.1. The maximum Gasteiger partial charge on any atom is 0.251 e. The Morgan fingerprint density at radius 1 is 1.37 bits per heavy atom. The number of nitrogens with one attached hydrogen (secondary N) is 3. The van der Waals surface area contributed by atoms with Crippen LogP contribution in [0.15, 0.2) is 24.3 Å². The highest BCUT2D eigenvalue weighted by Gasteiger charge is 2.20. The second kappa shape index (κ2) is 6.33. The highest BCUT2D eigenvalue weighted by atomic mass is 16.2. The molecule has 2 rings (SSSR count). The van der Waals surface area contributed by atoms with Gasteiger partial charge >= 0.3 is 0 Å². The number of benzene rings is 1. The molecule has 5 nitrogen and oxygen atoms in total. The lowest BCUT2D eigenvalue weighted by Gasteiger charge is -2.22. The topological polar surface area (TPSA) is 70.2 Å². The molecule has 1 aliphatic heterocycles. The first-order valence-electron chi connectivity index (χ1n) is 6.53. The summed E-state index contributed by atoms with van der Waals surface area (Å²) in [5.74, 6) is -0.0144. The zero-order chi connectivity index (χ0) is 13.7. The van der Waals surface area contributed by atoms with E-state index in [0.717, 1.165) is 24.9 Å². The standard InChI is InChI=1S/C14H19N3O2/c1-15-13(18)11-6-4-10(5-7-11)9-17-12-3-2-8-16-14(12)19/h4-7,12,17H,2-3,8-9H2,1H3,(H,15,18)(H,16,19). The number of carbonyl (C=O) groups excluding carboxylic acids is 2. The molecule has 1 aromatic carbocycles. The molecule has 3 N–H and O–H groups in total.